The first-order valence-electron chi connectivity index (χ1n) is 5.39. The van der Waals surface area contributed by atoms with Crippen LogP contribution in [-0.4, -0.2) is 21.0 Å². The molecule has 1 N–H and O–H groups in total. The van der Waals surface area contributed by atoms with Crippen LogP contribution in [0.1, 0.15) is 43.1 Å². The molecule has 1 aliphatic carbocycles. The van der Waals surface area contributed by atoms with Crippen LogP contribution in [0.4, 0.5) is 0 Å². The summed E-state index contributed by atoms with van der Waals surface area (Å²) in [6.07, 6.45) is 4.13. The van der Waals surface area contributed by atoms with E-state index >= 15 is 0 Å². The highest BCUT2D eigenvalue weighted by molar-refractivity contribution is 5.08. The molecular formula is C11H18N2O. The molecule has 1 fully saturated rings. The molecule has 14 heavy (non-hydrogen) atoms. The van der Waals surface area contributed by atoms with Gasteiger partial charge in [-0.25, -0.2) is 0 Å². The summed E-state index contributed by atoms with van der Waals surface area (Å²) in [7, 11) is 0. The Balaban J connectivity index is 2.24. The van der Waals surface area contributed by atoms with Crippen molar-refractivity contribution in [2.75, 3.05) is 0 Å². The van der Waals surface area contributed by atoms with Crippen LogP contribution < -0.4 is 0 Å². The van der Waals surface area contributed by atoms with E-state index in [1.165, 1.54) is 6.42 Å². The molecule has 0 bridgehead atoms. The lowest BCUT2D eigenvalue weighted by Crippen LogP contribution is -2.28. The molecule has 0 spiro atoms. The van der Waals surface area contributed by atoms with Crippen LogP contribution in [0.15, 0.2) is 6.07 Å². The highest BCUT2D eigenvalue weighted by Crippen LogP contribution is 2.29. The van der Waals surface area contributed by atoms with Gasteiger partial charge in [-0.1, -0.05) is 12.8 Å². The summed E-state index contributed by atoms with van der Waals surface area (Å²) < 4.78 is 2.00. The molecule has 1 heterocycles. The summed E-state index contributed by atoms with van der Waals surface area (Å²) in [6.45, 7) is 4.06. The summed E-state index contributed by atoms with van der Waals surface area (Å²) in [6, 6.07) is 2.28. The second-order valence-electron chi connectivity index (χ2n) is 4.29. The fourth-order valence-electron chi connectivity index (χ4n) is 2.36. The highest BCUT2D eigenvalue weighted by atomic mass is 16.3. The molecule has 0 aromatic carbocycles. The molecule has 1 aliphatic rings. The summed E-state index contributed by atoms with van der Waals surface area (Å²) in [4.78, 5) is 0. The Hall–Kier alpha value is -0.830. The Morgan fingerprint density at radius 2 is 2.07 bits per heavy atom. The van der Waals surface area contributed by atoms with Gasteiger partial charge in [-0.05, 0) is 32.8 Å². The number of aliphatic hydroxyl groups is 1. The van der Waals surface area contributed by atoms with Crippen molar-refractivity contribution in [1.82, 2.24) is 9.78 Å². The first-order chi connectivity index (χ1) is 6.68. The van der Waals surface area contributed by atoms with Crippen LogP contribution in [0.25, 0.3) is 0 Å². The van der Waals surface area contributed by atoms with Gasteiger partial charge in [0.05, 0.1) is 17.8 Å². The minimum absolute atomic E-state index is 0.206. The van der Waals surface area contributed by atoms with E-state index in [1.54, 1.807) is 0 Å². The van der Waals surface area contributed by atoms with E-state index in [4.69, 9.17) is 0 Å². The minimum atomic E-state index is -0.207. The number of aryl methyl sites for hydroxylation is 2. The van der Waals surface area contributed by atoms with Crippen molar-refractivity contribution < 1.29 is 5.11 Å². The van der Waals surface area contributed by atoms with Gasteiger partial charge in [0.1, 0.15) is 0 Å². The molecule has 1 saturated carbocycles. The van der Waals surface area contributed by atoms with Crippen LogP contribution in [0.5, 0.6) is 0 Å². The van der Waals surface area contributed by atoms with Gasteiger partial charge in [-0.2, -0.15) is 5.10 Å². The quantitative estimate of drug-likeness (QED) is 0.742. The summed E-state index contributed by atoms with van der Waals surface area (Å²) >= 11 is 0. The predicted molar refractivity (Wildman–Crippen MR) is 55.2 cm³/mol. The number of hydrogen-bond donors (Lipinski definition) is 1. The Bertz CT molecular complexity index is 319. The number of hydrogen-bond acceptors (Lipinski definition) is 2. The van der Waals surface area contributed by atoms with Gasteiger partial charge in [-0.3, -0.25) is 4.68 Å². The monoisotopic (exact) mass is 194 g/mol. The van der Waals surface area contributed by atoms with E-state index in [9.17, 15) is 5.11 Å². The normalized spacial score (nSPS) is 27.9. The summed E-state index contributed by atoms with van der Waals surface area (Å²) in [5.74, 6) is 0. The van der Waals surface area contributed by atoms with Crippen molar-refractivity contribution in [1.29, 1.82) is 0 Å². The highest BCUT2D eigenvalue weighted by Gasteiger charge is 2.26. The maximum absolute atomic E-state index is 9.90. The average Bonchev–Trinajstić information content (AvgIpc) is 2.46. The van der Waals surface area contributed by atoms with Gasteiger partial charge in [0.2, 0.25) is 0 Å². The molecule has 3 nitrogen and oxygen atoms in total. The summed E-state index contributed by atoms with van der Waals surface area (Å²) in [5.41, 5.74) is 2.20. The fraction of sp³-hybridized carbons (Fsp3) is 0.727. The number of aromatic nitrogens is 2. The van der Waals surface area contributed by atoms with Crippen LogP contribution in [0.2, 0.25) is 0 Å². The first kappa shape index (κ1) is 9.71. The van der Waals surface area contributed by atoms with Crippen LogP contribution in [0, 0.1) is 13.8 Å². The van der Waals surface area contributed by atoms with E-state index in [2.05, 4.69) is 18.1 Å². The number of rotatable bonds is 1. The fourth-order valence-corrected chi connectivity index (χ4v) is 2.36. The van der Waals surface area contributed by atoms with Gasteiger partial charge in [0, 0.05) is 5.69 Å². The van der Waals surface area contributed by atoms with Crippen molar-refractivity contribution >= 4 is 0 Å². The zero-order chi connectivity index (χ0) is 10.1. The predicted octanol–water partition coefficient (Wildman–Crippen LogP) is 1.98. The van der Waals surface area contributed by atoms with Gasteiger partial charge in [0.25, 0.3) is 0 Å². The molecule has 78 valence electrons. The van der Waals surface area contributed by atoms with Gasteiger partial charge in [0.15, 0.2) is 0 Å². The van der Waals surface area contributed by atoms with Crippen molar-refractivity contribution in [2.24, 2.45) is 0 Å². The zero-order valence-electron chi connectivity index (χ0n) is 8.90. The molecule has 2 unspecified atom stereocenters. The van der Waals surface area contributed by atoms with E-state index in [1.807, 2.05) is 11.6 Å². The molecule has 2 rings (SSSR count). The van der Waals surface area contributed by atoms with Crippen LogP contribution in [0.3, 0.4) is 0 Å². The lowest BCUT2D eigenvalue weighted by atomic mass is 9.92. The molecular weight excluding hydrogens is 176 g/mol. The second-order valence-corrected chi connectivity index (χ2v) is 4.29. The SMILES string of the molecule is Cc1cc(C)n(C2CCCCC2O)n1. The molecule has 0 radical (unpaired) electrons. The lowest BCUT2D eigenvalue weighted by Gasteiger charge is -2.28. The first-order valence-corrected chi connectivity index (χ1v) is 5.39. The van der Waals surface area contributed by atoms with Crippen LogP contribution >= 0.6 is 0 Å². The number of nitrogens with zero attached hydrogens (tertiary/aromatic N) is 2. The maximum atomic E-state index is 9.90. The molecule has 3 heteroatoms. The third-order valence-corrected chi connectivity index (χ3v) is 3.05. The Labute approximate surface area is 84.7 Å². The van der Waals surface area contributed by atoms with E-state index < -0.39 is 0 Å². The zero-order valence-corrected chi connectivity index (χ0v) is 8.90. The molecule has 2 atom stereocenters. The Morgan fingerprint density at radius 3 is 2.64 bits per heavy atom. The van der Waals surface area contributed by atoms with Gasteiger partial charge in [-0.15, -0.1) is 0 Å². The molecule has 1 aromatic heterocycles. The third-order valence-electron chi connectivity index (χ3n) is 3.05. The van der Waals surface area contributed by atoms with Gasteiger partial charge < -0.3 is 5.11 Å². The minimum Gasteiger partial charge on any atom is -0.391 e. The maximum Gasteiger partial charge on any atom is 0.0781 e. The van der Waals surface area contributed by atoms with Gasteiger partial charge >= 0.3 is 0 Å². The second kappa shape index (κ2) is 3.73. The summed E-state index contributed by atoms with van der Waals surface area (Å²) in [5, 5.41) is 14.3. The standard InChI is InChI=1S/C11H18N2O/c1-8-7-9(2)13(12-8)10-5-3-4-6-11(10)14/h7,10-11,14H,3-6H2,1-2H3. The van der Waals surface area contributed by atoms with Crippen molar-refractivity contribution in [3.63, 3.8) is 0 Å². The topological polar surface area (TPSA) is 38.0 Å². The molecule has 0 saturated heterocycles. The lowest BCUT2D eigenvalue weighted by molar-refractivity contribution is 0.0683. The Kier molecular flexibility index (Phi) is 2.59. The average molecular weight is 194 g/mol. The number of aliphatic hydroxyl groups excluding tert-OH is 1. The van der Waals surface area contributed by atoms with E-state index in [-0.39, 0.29) is 12.1 Å². The van der Waals surface area contributed by atoms with Crippen LogP contribution in [-0.2, 0) is 0 Å². The van der Waals surface area contributed by atoms with Crippen molar-refractivity contribution in [3.05, 3.63) is 17.5 Å². The van der Waals surface area contributed by atoms with E-state index in [0.717, 1.165) is 30.7 Å². The Morgan fingerprint density at radius 1 is 1.36 bits per heavy atom. The van der Waals surface area contributed by atoms with E-state index in [0.29, 0.717) is 0 Å². The molecule has 0 aliphatic heterocycles. The molecule has 1 aromatic rings. The third kappa shape index (κ3) is 1.69. The largest absolute Gasteiger partial charge is 0.391 e. The van der Waals surface area contributed by atoms with Crippen molar-refractivity contribution in [3.8, 4) is 0 Å². The van der Waals surface area contributed by atoms with Crippen molar-refractivity contribution in [2.45, 2.75) is 51.7 Å². The molecule has 0 amide bonds. The smallest absolute Gasteiger partial charge is 0.0781 e.